The number of aryl methyl sites for hydroxylation is 3. The first kappa shape index (κ1) is 17.9. The standard InChI is InChI=1S/C17H20N2O4S/c1-5-18(17-13(3)10-12(2)11-14(17)4)24(22,23)16-9-7-6-8-15(16)19(20)21/h6-11H,5H2,1-4H3. The molecular formula is C17H20N2O4S. The zero-order valence-electron chi connectivity index (χ0n) is 14.1. The Balaban J connectivity index is 2.70. The van der Waals surface area contributed by atoms with E-state index in [1.54, 1.807) is 6.92 Å². The fourth-order valence-electron chi connectivity index (χ4n) is 2.96. The van der Waals surface area contributed by atoms with E-state index >= 15 is 0 Å². The number of hydrogen-bond donors (Lipinski definition) is 0. The highest BCUT2D eigenvalue weighted by atomic mass is 32.2. The summed E-state index contributed by atoms with van der Waals surface area (Å²) in [5, 5.41) is 11.2. The van der Waals surface area contributed by atoms with Gasteiger partial charge in [-0.25, -0.2) is 8.42 Å². The molecule has 0 fully saturated rings. The van der Waals surface area contributed by atoms with Gasteiger partial charge in [0.15, 0.2) is 4.90 Å². The summed E-state index contributed by atoms with van der Waals surface area (Å²) in [6.45, 7) is 7.51. The molecular weight excluding hydrogens is 328 g/mol. The van der Waals surface area contributed by atoms with E-state index in [9.17, 15) is 18.5 Å². The van der Waals surface area contributed by atoms with Crippen LogP contribution in [0.4, 0.5) is 11.4 Å². The molecule has 128 valence electrons. The first-order valence-corrected chi connectivity index (χ1v) is 8.98. The quantitative estimate of drug-likeness (QED) is 0.609. The van der Waals surface area contributed by atoms with Crippen LogP contribution < -0.4 is 4.31 Å². The van der Waals surface area contributed by atoms with Crippen LogP contribution in [0.2, 0.25) is 0 Å². The first-order chi connectivity index (χ1) is 11.2. The summed E-state index contributed by atoms with van der Waals surface area (Å²) in [6, 6.07) is 9.22. The Morgan fingerprint density at radius 3 is 2.12 bits per heavy atom. The van der Waals surface area contributed by atoms with Gasteiger partial charge in [0, 0.05) is 12.6 Å². The maximum absolute atomic E-state index is 13.1. The van der Waals surface area contributed by atoms with Crippen LogP contribution in [0.5, 0.6) is 0 Å². The fraction of sp³-hybridized carbons (Fsp3) is 0.294. The summed E-state index contributed by atoms with van der Waals surface area (Å²) in [7, 11) is -4.05. The van der Waals surface area contributed by atoms with Crippen molar-refractivity contribution in [1.29, 1.82) is 0 Å². The molecule has 24 heavy (non-hydrogen) atoms. The van der Waals surface area contributed by atoms with Crippen molar-refractivity contribution in [1.82, 2.24) is 0 Å². The van der Waals surface area contributed by atoms with Gasteiger partial charge in [-0.15, -0.1) is 0 Å². The van der Waals surface area contributed by atoms with Crippen LogP contribution in [0, 0.1) is 30.9 Å². The van der Waals surface area contributed by atoms with E-state index in [2.05, 4.69) is 0 Å². The van der Waals surface area contributed by atoms with Gasteiger partial charge in [-0.1, -0.05) is 29.8 Å². The molecule has 0 aromatic heterocycles. The molecule has 0 aliphatic heterocycles. The van der Waals surface area contributed by atoms with Gasteiger partial charge < -0.3 is 0 Å². The molecule has 0 heterocycles. The summed E-state index contributed by atoms with van der Waals surface area (Å²) in [5.41, 5.74) is 2.82. The smallest absolute Gasteiger partial charge is 0.266 e. The second kappa shape index (κ2) is 6.60. The van der Waals surface area contributed by atoms with Crippen LogP contribution in [0.1, 0.15) is 23.6 Å². The van der Waals surface area contributed by atoms with Crippen molar-refractivity contribution < 1.29 is 13.3 Å². The molecule has 0 atom stereocenters. The molecule has 0 amide bonds. The molecule has 0 bridgehead atoms. The van der Waals surface area contributed by atoms with Crippen molar-refractivity contribution in [2.24, 2.45) is 0 Å². The maximum Gasteiger partial charge on any atom is 0.289 e. The van der Waals surface area contributed by atoms with Crippen LogP contribution in [-0.4, -0.2) is 19.9 Å². The third-order valence-electron chi connectivity index (χ3n) is 3.80. The van der Waals surface area contributed by atoms with E-state index in [-0.39, 0.29) is 11.4 Å². The highest BCUT2D eigenvalue weighted by Crippen LogP contribution is 2.33. The number of anilines is 1. The maximum atomic E-state index is 13.1. The number of sulfonamides is 1. The lowest BCUT2D eigenvalue weighted by molar-refractivity contribution is -0.387. The third-order valence-corrected chi connectivity index (χ3v) is 5.72. The molecule has 0 aliphatic carbocycles. The molecule has 0 N–H and O–H groups in total. The van der Waals surface area contributed by atoms with E-state index < -0.39 is 20.6 Å². The second-order valence-corrected chi connectivity index (χ2v) is 7.47. The summed E-state index contributed by atoms with van der Waals surface area (Å²) in [5.74, 6) is 0. The molecule has 0 saturated heterocycles. The van der Waals surface area contributed by atoms with Gasteiger partial charge >= 0.3 is 0 Å². The number of hydrogen-bond acceptors (Lipinski definition) is 4. The number of nitro groups is 1. The minimum absolute atomic E-state index is 0.180. The number of para-hydroxylation sites is 1. The lowest BCUT2D eigenvalue weighted by atomic mass is 10.1. The van der Waals surface area contributed by atoms with Gasteiger partial charge in [-0.05, 0) is 44.9 Å². The van der Waals surface area contributed by atoms with Gasteiger partial charge in [0.1, 0.15) is 0 Å². The molecule has 2 rings (SSSR count). The molecule has 0 saturated carbocycles. The normalized spacial score (nSPS) is 11.3. The molecule has 0 spiro atoms. The Morgan fingerprint density at radius 1 is 1.08 bits per heavy atom. The highest BCUT2D eigenvalue weighted by Gasteiger charge is 2.32. The summed E-state index contributed by atoms with van der Waals surface area (Å²) < 4.78 is 27.4. The lowest BCUT2D eigenvalue weighted by Gasteiger charge is -2.26. The zero-order valence-corrected chi connectivity index (χ0v) is 14.9. The van der Waals surface area contributed by atoms with E-state index in [1.165, 1.54) is 28.6 Å². The van der Waals surface area contributed by atoms with Gasteiger partial charge in [0.25, 0.3) is 15.7 Å². The van der Waals surface area contributed by atoms with Gasteiger partial charge in [-0.2, -0.15) is 0 Å². The molecule has 2 aromatic rings. The van der Waals surface area contributed by atoms with Crippen molar-refractivity contribution >= 4 is 21.4 Å². The van der Waals surface area contributed by atoms with Crippen LogP contribution in [0.15, 0.2) is 41.3 Å². The van der Waals surface area contributed by atoms with Gasteiger partial charge in [0.2, 0.25) is 0 Å². The molecule has 0 unspecified atom stereocenters. The van der Waals surface area contributed by atoms with Crippen LogP contribution in [0.3, 0.4) is 0 Å². The van der Waals surface area contributed by atoms with Crippen molar-refractivity contribution in [2.45, 2.75) is 32.6 Å². The number of nitrogens with zero attached hydrogens (tertiary/aromatic N) is 2. The van der Waals surface area contributed by atoms with Crippen molar-refractivity contribution in [2.75, 3.05) is 10.8 Å². The predicted octanol–water partition coefficient (Wildman–Crippen LogP) is 3.74. The Labute approximate surface area is 141 Å². The second-order valence-electron chi connectivity index (χ2n) is 5.64. The van der Waals surface area contributed by atoms with Crippen molar-refractivity contribution in [3.63, 3.8) is 0 Å². The average molecular weight is 348 g/mol. The summed E-state index contributed by atoms with van der Waals surface area (Å²) in [6.07, 6.45) is 0. The average Bonchev–Trinajstić information content (AvgIpc) is 2.50. The third kappa shape index (κ3) is 3.12. The van der Waals surface area contributed by atoms with E-state index in [1.807, 2.05) is 32.9 Å². The minimum atomic E-state index is -4.05. The number of benzene rings is 2. The van der Waals surface area contributed by atoms with Crippen molar-refractivity contribution in [3.05, 3.63) is 63.2 Å². The van der Waals surface area contributed by atoms with Gasteiger partial charge in [0.05, 0.1) is 10.6 Å². The van der Waals surface area contributed by atoms with Crippen molar-refractivity contribution in [3.8, 4) is 0 Å². The molecule has 6 nitrogen and oxygen atoms in total. The predicted molar refractivity (Wildman–Crippen MR) is 94.0 cm³/mol. The monoisotopic (exact) mass is 348 g/mol. The lowest BCUT2D eigenvalue weighted by Crippen LogP contribution is -2.32. The minimum Gasteiger partial charge on any atom is -0.266 e. The Hall–Kier alpha value is -2.41. The highest BCUT2D eigenvalue weighted by molar-refractivity contribution is 7.93. The molecule has 7 heteroatoms. The van der Waals surface area contributed by atoms with Crippen LogP contribution in [0.25, 0.3) is 0 Å². The summed E-state index contributed by atoms with van der Waals surface area (Å²) >= 11 is 0. The largest absolute Gasteiger partial charge is 0.289 e. The topological polar surface area (TPSA) is 80.5 Å². The summed E-state index contributed by atoms with van der Waals surface area (Å²) in [4.78, 5) is 10.3. The van der Waals surface area contributed by atoms with Crippen LogP contribution in [-0.2, 0) is 10.0 Å². The Morgan fingerprint density at radius 2 is 1.62 bits per heavy atom. The Bertz CT molecular complexity index is 868. The zero-order chi connectivity index (χ0) is 18.1. The number of nitro benzene ring substituents is 1. The van der Waals surface area contributed by atoms with E-state index in [0.29, 0.717) is 5.69 Å². The number of rotatable bonds is 5. The van der Waals surface area contributed by atoms with E-state index in [0.717, 1.165) is 16.7 Å². The van der Waals surface area contributed by atoms with Crippen LogP contribution >= 0.6 is 0 Å². The Kier molecular flexibility index (Phi) is 4.94. The fourth-order valence-corrected chi connectivity index (χ4v) is 4.72. The van der Waals surface area contributed by atoms with E-state index in [4.69, 9.17) is 0 Å². The molecule has 2 aromatic carbocycles. The van der Waals surface area contributed by atoms with Gasteiger partial charge in [-0.3, -0.25) is 14.4 Å². The molecule has 0 radical (unpaired) electrons. The SMILES string of the molecule is CCN(c1c(C)cc(C)cc1C)S(=O)(=O)c1ccccc1[N+](=O)[O-]. The molecule has 0 aliphatic rings. The first-order valence-electron chi connectivity index (χ1n) is 7.54.